The highest BCUT2D eigenvalue weighted by atomic mass is 19.3. The topological polar surface area (TPSA) is 9.23 Å². The molecule has 1 nitrogen and oxygen atoms in total. The maximum Gasteiger partial charge on any atom is 0.254 e. The third kappa shape index (κ3) is 4.06. The molecule has 0 saturated carbocycles. The zero-order valence-electron chi connectivity index (χ0n) is 13.1. The highest BCUT2D eigenvalue weighted by Crippen LogP contribution is 2.40. The molecule has 2 aromatic rings. The normalized spacial score (nSPS) is 12.9. The Balaban J connectivity index is 2.23. The van der Waals surface area contributed by atoms with Crippen LogP contribution in [0, 0.1) is 0 Å². The second-order valence-electron chi connectivity index (χ2n) is 5.47. The number of methoxy groups -OCH3 is 1. The molecule has 0 bridgehead atoms. The summed E-state index contributed by atoms with van der Waals surface area (Å²) in [6.07, 6.45) is 0.889. The Hall–Kier alpha value is -1.90. The summed E-state index contributed by atoms with van der Waals surface area (Å²) in [5.41, 5.74) is 1.73. The van der Waals surface area contributed by atoms with Crippen LogP contribution < -0.4 is 4.74 Å². The van der Waals surface area contributed by atoms with Crippen molar-refractivity contribution in [2.45, 2.75) is 38.0 Å². The van der Waals surface area contributed by atoms with Crippen molar-refractivity contribution in [2.75, 3.05) is 7.11 Å². The summed E-state index contributed by atoms with van der Waals surface area (Å²) in [5.74, 6) is -2.90. The molecular weight excluding hydrogens is 282 g/mol. The van der Waals surface area contributed by atoms with Gasteiger partial charge in [-0.05, 0) is 36.1 Å². The average Bonchev–Trinajstić information content (AvgIpc) is 2.56. The van der Waals surface area contributed by atoms with E-state index in [0.717, 1.165) is 5.56 Å². The fourth-order valence-electron chi connectivity index (χ4n) is 2.68. The largest absolute Gasteiger partial charge is 0.497 e. The van der Waals surface area contributed by atoms with Gasteiger partial charge in [0.25, 0.3) is 5.92 Å². The number of benzene rings is 2. The van der Waals surface area contributed by atoms with E-state index in [1.807, 2.05) is 30.3 Å². The van der Waals surface area contributed by atoms with Gasteiger partial charge in [0.05, 0.1) is 7.11 Å². The monoisotopic (exact) mass is 304 g/mol. The van der Waals surface area contributed by atoms with Crippen molar-refractivity contribution in [3.8, 4) is 5.75 Å². The third-order valence-corrected chi connectivity index (χ3v) is 4.04. The van der Waals surface area contributed by atoms with E-state index in [2.05, 4.69) is 0 Å². The number of alkyl halides is 2. The van der Waals surface area contributed by atoms with Crippen LogP contribution in [0.15, 0.2) is 54.6 Å². The molecule has 0 aromatic heterocycles. The van der Waals surface area contributed by atoms with Crippen molar-refractivity contribution in [3.05, 3.63) is 65.7 Å². The standard InChI is InChI=1S/C19H22F2O/c1-3-19(20,21)18(13-12-15-8-5-4-6-9-15)16-10-7-11-17(14-16)22-2/h4-11,14,18H,3,12-13H2,1-2H3. The molecule has 0 aliphatic rings. The van der Waals surface area contributed by atoms with Gasteiger partial charge in [-0.1, -0.05) is 49.4 Å². The minimum Gasteiger partial charge on any atom is -0.497 e. The molecule has 0 spiro atoms. The zero-order chi connectivity index (χ0) is 16.0. The zero-order valence-corrected chi connectivity index (χ0v) is 13.1. The molecule has 0 aliphatic heterocycles. The van der Waals surface area contributed by atoms with E-state index in [4.69, 9.17) is 4.74 Å². The van der Waals surface area contributed by atoms with Crippen LogP contribution in [-0.2, 0) is 6.42 Å². The van der Waals surface area contributed by atoms with Crippen LogP contribution in [-0.4, -0.2) is 13.0 Å². The van der Waals surface area contributed by atoms with Gasteiger partial charge in [-0.3, -0.25) is 0 Å². The molecule has 2 aromatic carbocycles. The van der Waals surface area contributed by atoms with Gasteiger partial charge in [0, 0.05) is 12.3 Å². The molecule has 2 rings (SSSR count). The number of rotatable bonds is 7. The minimum absolute atomic E-state index is 0.163. The predicted octanol–water partition coefficient (Wildman–Crippen LogP) is 5.46. The lowest BCUT2D eigenvalue weighted by Gasteiger charge is -2.27. The highest BCUT2D eigenvalue weighted by molar-refractivity contribution is 5.32. The fourth-order valence-corrected chi connectivity index (χ4v) is 2.68. The maximum atomic E-state index is 14.4. The van der Waals surface area contributed by atoms with Gasteiger partial charge in [0.15, 0.2) is 0 Å². The average molecular weight is 304 g/mol. The summed E-state index contributed by atoms with van der Waals surface area (Å²) in [6.45, 7) is 1.54. The molecule has 3 heteroatoms. The molecule has 0 fully saturated rings. The first-order valence-corrected chi connectivity index (χ1v) is 7.62. The molecule has 1 unspecified atom stereocenters. The van der Waals surface area contributed by atoms with Crippen LogP contribution in [0.4, 0.5) is 8.78 Å². The lowest BCUT2D eigenvalue weighted by Crippen LogP contribution is -2.26. The molecule has 118 valence electrons. The van der Waals surface area contributed by atoms with Gasteiger partial charge in [-0.2, -0.15) is 0 Å². The summed E-state index contributed by atoms with van der Waals surface area (Å²) in [5, 5.41) is 0. The van der Waals surface area contributed by atoms with E-state index < -0.39 is 11.8 Å². The lowest BCUT2D eigenvalue weighted by atomic mass is 9.86. The summed E-state index contributed by atoms with van der Waals surface area (Å²) < 4.78 is 34.0. The Morgan fingerprint density at radius 3 is 2.41 bits per heavy atom. The molecular formula is C19H22F2O. The summed E-state index contributed by atoms with van der Waals surface area (Å²) in [7, 11) is 1.55. The smallest absolute Gasteiger partial charge is 0.254 e. The van der Waals surface area contributed by atoms with Gasteiger partial charge >= 0.3 is 0 Å². The molecule has 22 heavy (non-hydrogen) atoms. The highest BCUT2D eigenvalue weighted by Gasteiger charge is 2.38. The number of hydrogen-bond acceptors (Lipinski definition) is 1. The van der Waals surface area contributed by atoms with Crippen LogP contribution in [0.1, 0.15) is 36.8 Å². The molecule has 0 heterocycles. The van der Waals surface area contributed by atoms with Crippen molar-refractivity contribution in [3.63, 3.8) is 0 Å². The van der Waals surface area contributed by atoms with E-state index in [1.165, 1.54) is 6.92 Å². The minimum atomic E-state index is -2.72. The van der Waals surface area contributed by atoms with Gasteiger partial charge < -0.3 is 4.74 Å². The maximum absolute atomic E-state index is 14.4. The summed E-state index contributed by atoms with van der Waals surface area (Å²) >= 11 is 0. The SMILES string of the molecule is CCC(F)(F)C(CCc1ccccc1)c1cccc(OC)c1. The van der Waals surface area contributed by atoms with Crippen molar-refractivity contribution in [1.29, 1.82) is 0 Å². The Morgan fingerprint density at radius 1 is 1.05 bits per heavy atom. The summed E-state index contributed by atoms with van der Waals surface area (Å²) in [6, 6.07) is 16.8. The first kappa shape index (κ1) is 16.5. The van der Waals surface area contributed by atoms with Gasteiger partial charge in [-0.25, -0.2) is 8.78 Å². The van der Waals surface area contributed by atoms with E-state index in [1.54, 1.807) is 31.4 Å². The first-order valence-electron chi connectivity index (χ1n) is 7.62. The molecule has 1 atom stereocenters. The molecule has 0 aliphatic carbocycles. The Labute approximate surface area is 130 Å². The molecule has 0 N–H and O–H groups in total. The van der Waals surface area contributed by atoms with Crippen molar-refractivity contribution >= 4 is 0 Å². The van der Waals surface area contributed by atoms with E-state index in [0.29, 0.717) is 24.2 Å². The second-order valence-corrected chi connectivity index (χ2v) is 5.47. The van der Waals surface area contributed by atoms with Crippen molar-refractivity contribution < 1.29 is 13.5 Å². The van der Waals surface area contributed by atoms with Gasteiger partial charge in [0.2, 0.25) is 0 Å². The van der Waals surface area contributed by atoms with Gasteiger partial charge in [-0.15, -0.1) is 0 Å². The number of aryl methyl sites for hydroxylation is 1. The van der Waals surface area contributed by atoms with Crippen LogP contribution >= 0.6 is 0 Å². The van der Waals surface area contributed by atoms with E-state index >= 15 is 0 Å². The Morgan fingerprint density at radius 2 is 1.77 bits per heavy atom. The number of hydrogen-bond donors (Lipinski definition) is 0. The lowest BCUT2D eigenvalue weighted by molar-refractivity contribution is -0.0337. The van der Waals surface area contributed by atoms with E-state index in [9.17, 15) is 8.78 Å². The Bertz CT molecular complexity index is 581. The van der Waals surface area contributed by atoms with Crippen LogP contribution in [0.5, 0.6) is 5.75 Å². The van der Waals surface area contributed by atoms with Crippen molar-refractivity contribution in [1.82, 2.24) is 0 Å². The molecule has 0 radical (unpaired) electrons. The molecule has 0 amide bonds. The van der Waals surface area contributed by atoms with Crippen LogP contribution in [0.2, 0.25) is 0 Å². The quantitative estimate of drug-likeness (QED) is 0.660. The van der Waals surface area contributed by atoms with Gasteiger partial charge in [0.1, 0.15) is 5.75 Å². The Kier molecular flexibility index (Phi) is 5.53. The van der Waals surface area contributed by atoms with E-state index in [-0.39, 0.29) is 6.42 Å². The predicted molar refractivity (Wildman–Crippen MR) is 85.7 cm³/mol. The molecule has 0 saturated heterocycles. The second kappa shape index (κ2) is 7.39. The fraction of sp³-hybridized carbons (Fsp3) is 0.368. The number of ether oxygens (including phenoxy) is 1. The summed E-state index contributed by atoms with van der Waals surface area (Å²) in [4.78, 5) is 0. The van der Waals surface area contributed by atoms with Crippen LogP contribution in [0.25, 0.3) is 0 Å². The third-order valence-electron chi connectivity index (χ3n) is 4.04. The first-order chi connectivity index (χ1) is 10.6. The van der Waals surface area contributed by atoms with Crippen LogP contribution in [0.3, 0.4) is 0 Å². The van der Waals surface area contributed by atoms with Crippen molar-refractivity contribution in [2.24, 2.45) is 0 Å². The number of halogens is 2.